The molecule has 2 aliphatic heterocycles. The summed E-state index contributed by atoms with van der Waals surface area (Å²) in [6.45, 7) is 3.59. The lowest BCUT2D eigenvalue weighted by Gasteiger charge is -2.43. The maximum absolute atomic E-state index is 12.1. The van der Waals surface area contributed by atoms with Gasteiger partial charge in [-0.3, -0.25) is 4.79 Å². The molecule has 178 valence electrons. The SMILES string of the molecule is COc1ccc(C2CCN(CC(O)C3(O)CCN(C=CC(=O)c4ccsc4)CC3)CC2)cc1. The van der Waals surface area contributed by atoms with Gasteiger partial charge < -0.3 is 24.7 Å². The van der Waals surface area contributed by atoms with E-state index in [0.29, 0.717) is 44.0 Å². The Morgan fingerprint density at radius 1 is 1.18 bits per heavy atom. The van der Waals surface area contributed by atoms with Gasteiger partial charge in [-0.25, -0.2) is 0 Å². The van der Waals surface area contributed by atoms with E-state index < -0.39 is 11.7 Å². The second-order valence-electron chi connectivity index (χ2n) is 9.20. The minimum Gasteiger partial charge on any atom is -0.497 e. The average molecular weight is 471 g/mol. The van der Waals surface area contributed by atoms with E-state index in [4.69, 9.17) is 4.74 Å². The van der Waals surface area contributed by atoms with Gasteiger partial charge in [0.1, 0.15) is 5.75 Å². The number of benzene rings is 1. The summed E-state index contributed by atoms with van der Waals surface area (Å²) in [6, 6.07) is 10.1. The van der Waals surface area contributed by atoms with Crippen molar-refractivity contribution in [1.82, 2.24) is 9.80 Å². The van der Waals surface area contributed by atoms with Gasteiger partial charge in [0.2, 0.25) is 0 Å². The number of ketones is 1. The van der Waals surface area contributed by atoms with Crippen molar-refractivity contribution in [2.75, 3.05) is 39.8 Å². The summed E-state index contributed by atoms with van der Waals surface area (Å²) in [4.78, 5) is 16.5. The molecular formula is C26H34N2O4S. The molecular weight excluding hydrogens is 436 g/mol. The number of β-amino-alcohol motifs (C(OH)–C–C–N with tert-alkyl or cyclic N) is 1. The Hall–Kier alpha value is -2.19. The number of thiophene rings is 1. The molecule has 2 saturated heterocycles. The highest BCUT2D eigenvalue weighted by atomic mass is 32.1. The standard InChI is InChI=1S/C26H34N2O4S/c1-32-23-4-2-20(3-5-23)21-6-12-28(13-7-21)18-25(30)26(31)10-15-27(16-11-26)14-8-24(29)22-9-17-33-19-22/h2-5,8-9,14,17,19,21,25,30-31H,6-7,10-13,15-16,18H2,1H3. The molecule has 1 aromatic carbocycles. The van der Waals surface area contributed by atoms with E-state index in [1.165, 1.54) is 16.9 Å². The van der Waals surface area contributed by atoms with Crippen molar-refractivity contribution in [3.63, 3.8) is 0 Å². The number of hydrogen-bond donors (Lipinski definition) is 2. The van der Waals surface area contributed by atoms with Gasteiger partial charge >= 0.3 is 0 Å². The lowest BCUT2D eigenvalue weighted by Crippen LogP contribution is -2.54. The van der Waals surface area contributed by atoms with E-state index in [9.17, 15) is 15.0 Å². The van der Waals surface area contributed by atoms with Crippen LogP contribution in [-0.2, 0) is 0 Å². The topological polar surface area (TPSA) is 73.2 Å². The second-order valence-corrected chi connectivity index (χ2v) is 9.98. The van der Waals surface area contributed by atoms with Gasteiger partial charge in [-0.05, 0) is 73.8 Å². The number of aliphatic hydroxyl groups excluding tert-OH is 1. The summed E-state index contributed by atoms with van der Waals surface area (Å²) >= 11 is 1.51. The number of piperidine rings is 2. The highest BCUT2D eigenvalue weighted by Crippen LogP contribution is 2.31. The van der Waals surface area contributed by atoms with Crippen molar-refractivity contribution in [2.24, 2.45) is 0 Å². The summed E-state index contributed by atoms with van der Waals surface area (Å²) in [5.41, 5.74) is 0.970. The maximum atomic E-state index is 12.1. The first-order valence-corrected chi connectivity index (χ1v) is 12.7. The fraction of sp³-hybridized carbons (Fsp3) is 0.500. The Morgan fingerprint density at radius 3 is 2.48 bits per heavy atom. The van der Waals surface area contributed by atoms with Gasteiger partial charge in [0.15, 0.2) is 5.78 Å². The van der Waals surface area contributed by atoms with Crippen molar-refractivity contribution < 1.29 is 19.7 Å². The molecule has 0 amide bonds. The first-order valence-electron chi connectivity index (χ1n) is 11.7. The van der Waals surface area contributed by atoms with E-state index in [0.717, 1.165) is 31.7 Å². The van der Waals surface area contributed by atoms with E-state index in [1.54, 1.807) is 13.2 Å². The van der Waals surface area contributed by atoms with Crippen LogP contribution in [0.15, 0.2) is 53.4 Å². The van der Waals surface area contributed by atoms with E-state index in [1.807, 2.05) is 40.1 Å². The Morgan fingerprint density at radius 2 is 1.88 bits per heavy atom. The van der Waals surface area contributed by atoms with Gasteiger partial charge in [-0.2, -0.15) is 11.3 Å². The first kappa shape index (κ1) is 24.0. The highest BCUT2D eigenvalue weighted by molar-refractivity contribution is 7.08. The molecule has 4 rings (SSSR count). The zero-order chi connectivity index (χ0) is 23.3. The summed E-state index contributed by atoms with van der Waals surface area (Å²) < 4.78 is 5.25. The Labute approximate surface area is 200 Å². The predicted molar refractivity (Wildman–Crippen MR) is 131 cm³/mol. The van der Waals surface area contributed by atoms with Gasteiger partial charge in [0.05, 0.1) is 18.8 Å². The third-order valence-corrected chi connectivity index (χ3v) is 7.82. The molecule has 0 radical (unpaired) electrons. The molecule has 2 aromatic rings. The van der Waals surface area contributed by atoms with Crippen LogP contribution in [0.2, 0.25) is 0 Å². The Kier molecular flexibility index (Phi) is 7.86. The molecule has 2 aliphatic rings. The molecule has 0 spiro atoms. The summed E-state index contributed by atoms with van der Waals surface area (Å²) in [7, 11) is 1.68. The van der Waals surface area contributed by atoms with Crippen LogP contribution in [0.25, 0.3) is 0 Å². The molecule has 0 saturated carbocycles. The summed E-state index contributed by atoms with van der Waals surface area (Å²) in [5, 5.41) is 25.7. The molecule has 3 heterocycles. The summed E-state index contributed by atoms with van der Waals surface area (Å²) in [5.74, 6) is 1.40. The van der Waals surface area contributed by atoms with Gasteiger partial charge in [-0.1, -0.05) is 12.1 Å². The normalized spacial score (nSPS) is 20.8. The molecule has 33 heavy (non-hydrogen) atoms. The van der Waals surface area contributed by atoms with E-state index in [2.05, 4.69) is 17.0 Å². The Balaban J connectivity index is 1.22. The maximum Gasteiger partial charge on any atom is 0.188 e. The quantitative estimate of drug-likeness (QED) is 0.454. The molecule has 1 aromatic heterocycles. The smallest absolute Gasteiger partial charge is 0.188 e. The zero-order valence-corrected chi connectivity index (χ0v) is 20.0. The van der Waals surface area contributed by atoms with Gasteiger partial charge in [-0.15, -0.1) is 0 Å². The van der Waals surface area contributed by atoms with E-state index >= 15 is 0 Å². The molecule has 1 unspecified atom stereocenters. The number of hydrogen-bond acceptors (Lipinski definition) is 7. The predicted octanol–water partition coefficient (Wildman–Crippen LogP) is 3.52. The van der Waals surface area contributed by atoms with Crippen molar-refractivity contribution in [2.45, 2.75) is 43.3 Å². The van der Waals surface area contributed by atoms with Crippen molar-refractivity contribution in [3.05, 3.63) is 64.5 Å². The van der Waals surface area contributed by atoms with Crippen molar-refractivity contribution in [3.8, 4) is 5.75 Å². The average Bonchev–Trinajstić information content (AvgIpc) is 3.39. The van der Waals surface area contributed by atoms with Gasteiger partial charge in [0.25, 0.3) is 0 Å². The third kappa shape index (κ3) is 6.03. The fourth-order valence-corrected chi connectivity index (χ4v) is 5.45. The molecule has 0 aliphatic carbocycles. The number of rotatable bonds is 8. The lowest BCUT2D eigenvalue weighted by molar-refractivity contribution is -0.114. The van der Waals surface area contributed by atoms with Gasteiger partial charge in [0, 0.05) is 42.9 Å². The van der Waals surface area contributed by atoms with Crippen LogP contribution in [0.5, 0.6) is 5.75 Å². The number of ether oxygens (including phenoxy) is 1. The lowest BCUT2D eigenvalue weighted by atomic mass is 9.84. The van der Waals surface area contributed by atoms with Crippen LogP contribution >= 0.6 is 11.3 Å². The van der Waals surface area contributed by atoms with E-state index in [-0.39, 0.29) is 5.78 Å². The first-order chi connectivity index (χ1) is 16.0. The molecule has 7 heteroatoms. The zero-order valence-electron chi connectivity index (χ0n) is 19.2. The van der Waals surface area contributed by atoms with Crippen LogP contribution in [0, 0.1) is 0 Å². The fourth-order valence-electron chi connectivity index (χ4n) is 4.81. The number of carbonyl (C=O) groups excluding carboxylic acids is 1. The van der Waals surface area contributed by atoms with Crippen LogP contribution in [0.1, 0.15) is 47.5 Å². The number of carbonyl (C=O) groups is 1. The van der Waals surface area contributed by atoms with Crippen LogP contribution in [0.3, 0.4) is 0 Å². The monoisotopic (exact) mass is 470 g/mol. The van der Waals surface area contributed by atoms with Crippen LogP contribution in [0.4, 0.5) is 0 Å². The second kappa shape index (κ2) is 10.8. The third-order valence-electron chi connectivity index (χ3n) is 7.13. The number of aliphatic hydroxyl groups is 2. The van der Waals surface area contributed by atoms with Crippen LogP contribution in [-0.4, -0.2) is 77.3 Å². The number of methoxy groups -OCH3 is 1. The van der Waals surface area contributed by atoms with Crippen molar-refractivity contribution >= 4 is 17.1 Å². The molecule has 1 atom stereocenters. The largest absolute Gasteiger partial charge is 0.497 e. The molecule has 2 N–H and O–H groups in total. The number of allylic oxidation sites excluding steroid dienone is 1. The summed E-state index contributed by atoms with van der Waals surface area (Å²) in [6.07, 6.45) is 5.73. The Bertz CT molecular complexity index is 912. The minimum absolute atomic E-state index is 0.00448. The molecule has 6 nitrogen and oxygen atoms in total. The number of likely N-dealkylation sites (tertiary alicyclic amines) is 2. The molecule has 2 fully saturated rings. The number of nitrogens with zero attached hydrogens (tertiary/aromatic N) is 2. The van der Waals surface area contributed by atoms with Crippen LogP contribution < -0.4 is 4.74 Å². The minimum atomic E-state index is -1.07. The molecule has 0 bridgehead atoms. The van der Waals surface area contributed by atoms with Crippen molar-refractivity contribution in [1.29, 1.82) is 0 Å². The highest BCUT2D eigenvalue weighted by Gasteiger charge is 2.39.